The van der Waals surface area contributed by atoms with Crippen LogP contribution >= 0.6 is 34.0 Å². The zero-order valence-corrected chi connectivity index (χ0v) is 11.2. The van der Waals surface area contributed by atoms with Crippen LogP contribution in [0.1, 0.15) is 0 Å². The van der Waals surface area contributed by atoms with Crippen LogP contribution < -0.4 is 0 Å². The summed E-state index contributed by atoms with van der Waals surface area (Å²) in [5.74, 6) is -0.446. The molecule has 2 fully saturated rings. The quantitative estimate of drug-likeness (QED) is 0.522. The van der Waals surface area contributed by atoms with E-state index in [0.29, 0.717) is 13.1 Å². The summed E-state index contributed by atoms with van der Waals surface area (Å²) < 4.78 is 0. The van der Waals surface area contributed by atoms with Crippen LogP contribution in [0.2, 0.25) is 0 Å². The molecule has 0 aliphatic carbocycles. The summed E-state index contributed by atoms with van der Waals surface area (Å²) in [6.07, 6.45) is 0. The number of hydrogen-bond donors (Lipinski definition) is 0. The molecule has 0 spiro atoms. The molecular weight excluding hydrogens is 316 g/mol. The summed E-state index contributed by atoms with van der Waals surface area (Å²) in [5.41, 5.74) is 0. The molecule has 2 heterocycles. The minimum absolute atomic E-state index is 0. The van der Waals surface area contributed by atoms with Crippen molar-refractivity contribution in [3.8, 4) is 0 Å². The molecule has 0 atom stereocenters. The van der Waals surface area contributed by atoms with Gasteiger partial charge in [-0.1, -0.05) is 0 Å². The molecule has 0 aromatic heterocycles. The Hall–Kier alpha value is 0.220. The van der Waals surface area contributed by atoms with E-state index < -0.39 is 0 Å². The summed E-state index contributed by atoms with van der Waals surface area (Å²) >= 11 is 0. The van der Waals surface area contributed by atoms with Crippen LogP contribution in [0.3, 0.4) is 0 Å². The Morgan fingerprint density at radius 1 is 0.786 bits per heavy atom. The van der Waals surface area contributed by atoms with E-state index in [1.165, 1.54) is 0 Å². The Morgan fingerprint density at radius 2 is 1.07 bits per heavy atom. The van der Waals surface area contributed by atoms with Gasteiger partial charge >= 0.3 is 0 Å². The van der Waals surface area contributed by atoms with E-state index in [2.05, 4.69) is 0 Å². The van der Waals surface area contributed by atoms with Gasteiger partial charge in [-0.05, 0) is 0 Å². The molecule has 0 radical (unpaired) electrons. The smallest absolute Gasteiger partial charge is 0.213 e. The van der Waals surface area contributed by atoms with Crippen LogP contribution in [0.15, 0.2) is 0 Å². The van der Waals surface area contributed by atoms with E-state index in [1.807, 2.05) is 9.80 Å². The minimum atomic E-state index is -0.223. The average Bonchev–Trinajstić information content (AvgIpc) is 2.79. The van der Waals surface area contributed by atoms with E-state index >= 15 is 0 Å². The topological polar surface area (TPSA) is 40.2 Å². The lowest BCUT2D eigenvalue weighted by Gasteiger charge is -1.99. The Balaban J connectivity index is 0.000000845. The molecule has 2 saturated heterocycles. The van der Waals surface area contributed by atoms with Crippen molar-refractivity contribution < 1.29 is 9.59 Å². The number of carbonyl (C=O) groups is 2. The Bertz CT molecular complexity index is 203. The van der Waals surface area contributed by atoms with Gasteiger partial charge in [0.05, 0.1) is 13.1 Å². The molecule has 0 aromatic carbocycles. The zero-order valence-electron chi connectivity index (χ0n) is 7.77. The largest absolute Gasteiger partial charge is 0.293 e. The van der Waals surface area contributed by atoms with Crippen LogP contribution in [0.4, 0.5) is 0 Å². The van der Waals surface area contributed by atoms with Crippen molar-refractivity contribution in [2.24, 2.45) is 0 Å². The first-order valence-corrected chi connectivity index (χ1v) is 4.26. The van der Waals surface area contributed by atoms with Gasteiger partial charge in [0.2, 0.25) is 11.6 Å². The molecule has 0 bridgehead atoms. The minimum Gasteiger partial charge on any atom is -0.293 e. The molecule has 14 heavy (non-hydrogen) atoms. The molecule has 0 amide bonds. The molecule has 0 aromatic rings. The Morgan fingerprint density at radius 3 is 1.29 bits per heavy atom. The van der Waals surface area contributed by atoms with Gasteiger partial charge in [0, 0.05) is 26.2 Å². The lowest BCUT2D eigenvalue weighted by atomic mass is 10.2. The van der Waals surface area contributed by atoms with Gasteiger partial charge in [0.1, 0.15) is 0 Å². The third kappa shape index (κ3) is 4.63. The highest BCUT2D eigenvalue weighted by Crippen LogP contribution is 2.05. The summed E-state index contributed by atoms with van der Waals surface area (Å²) in [6, 6.07) is 0. The second kappa shape index (κ2) is 5.95. The third-order valence-electron chi connectivity index (χ3n) is 2.13. The normalized spacial score (nSPS) is 19.1. The van der Waals surface area contributed by atoms with Crippen LogP contribution in [-0.2, 0) is 9.59 Å². The van der Waals surface area contributed by atoms with Crippen LogP contribution in [-0.4, -0.2) is 60.6 Å². The Kier molecular flexibility index (Phi) is 6.04. The number of ketones is 2. The van der Waals surface area contributed by atoms with Crippen molar-refractivity contribution in [1.82, 2.24) is 9.80 Å². The third-order valence-corrected chi connectivity index (χ3v) is 2.13. The molecule has 0 unspecified atom stereocenters. The first kappa shape index (κ1) is 14.2. The number of Topliss-reactive ketones (excluding diaryl/α,β-unsaturated/α-hetero) is 2. The number of rotatable bonds is 5. The predicted octanol–water partition coefficient (Wildman–Crippen LogP) is -0.0884. The molecule has 6 heteroatoms. The first-order valence-electron chi connectivity index (χ1n) is 4.26. The van der Waals surface area contributed by atoms with E-state index in [4.69, 9.17) is 0 Å². The van der Waals surface area contributed by atoms with Crippen molar-refractivity contribution in [2.45, 2.75) is 0 Å². The molecule has 0 saturated carbocycles. The van der Waals surface area contributed by atoms with Gasteiger partial charge in [-0.3, -0.25) is 19.4 Å². The summed E-state index contributed by atoms with van der Waals surface area (Å²) in [7, 11) is 0. The van der Waals surface area contributed by atoms with Crippen LogP contribution in [0.5, 0.6) is 0 Å². The molecule has 4 nitrogen and oxygen atoms in total. The maximum Gasteiger partial charge on any atom is 0.213 e. The van der Waals surface area contributed by atoms with Gasteiger partial charge < -0.3 is 0 Å². The van der Waals surface area contributed by atoms with Crippen molar-refractivity contribution in [1.29, 1.82) is 0 Å². The van der Waals surface area contributed by atoms with Crippen molar-refractivity contribution in [2.75, 3.05) is 39.3 Å². The lowest BCUT2D eigenvalue weighted by Crippen LogP contribution is -2.28. The maximum atomic E-state index is 11.1. The molecule has 2 rings (SSSR count). The van der Waals surface area contributed by atoms with Crippen LogP contribution in [0, 0.1) is 0 Å². The molecule has 2 aliphatic heterocycles. The van der Waals surface area contributed by atoms with Gasteiger partial charge in [-0.2, -0.15) is 0 Å². The maximum absolute atomic E-state index is 11.1. The van der Waals surface area contributed by atoms with Gasteiger partial charge in [-0.15, -0.1) is 34.0 Å². The van der Waals surface area contributed by atoms with Crippen molar-refractivity contribution in [3.05, 3.63) is 0 Å². The lowest BCUT2D eigenvalue weighted by molar-refractivity contribution is -0.136. The number of hydrogen-bond acceptors (Lipinski definition) is 4. The fraction of sp³-hybridized carbons (Fsp3) is 0.750. The van der Waals surface area contributed by atoms with Crippen LogP contribution in [0.25, 0.3) is 0 Å². The second-order valence-electron chi connectivity index (χ2n) is 3.40. The highest BCUT2D eigenvalue weighted by Gasteiger charge is 2.27. The van der Waals surface area contributed by atoms with E-state index in [-0.39, 0.29) is 45.5 Å². The molecule has 0 N–H and O–H groups in total. The SMILES string of the molecule is Br.Br.O=C(CN1CC1)C(=O)CN1CC1. The zero-order chi connectivity index (χ0) is 8.55. The summed E-state index contributed by atoms with van der Waals surface area (Å²) in [4.78, 5) is 26.2. The average molecular weight is 330 g/mol. The van der Waals surface area contributed by atoms with Gasteiger partial charge in [0.25, 0.3) is 0 Å². The first-order chi connectivity index (χ1) is 5.75. The molecular formula is C8H14Br2N2O2. The summed E-state index contributed by atoms with van der Waals surface area (Å²) in [5, 5.41) is 0. The second-order valence-corrected chi connectivity index (χ2v) is 3.40. The van der Waals surface area contributed by atoms with Crippen molar-refractivity contribution in [3.63, 3.8) is 0 Å². The van der Waals surface area contributed by atoms with Gasteiger partial charge in [-0.25, -0.2) is 0 Å². The van der Waals surface area contributed by atoms with E-state index in [9.17, 15) is 9.59 Å². The molecule has 82 valence electrons. The fourth-order valence-corrected chi connectivity index (χ4v) is 1.04. The predicted molar refractivity (Wildman–Crippen MR) is 63.5 cm³/mol. The number of halogens is 2. The summed E-state index contributed by atoms with van der Waals surface area (Å²) in [6.45, 7) is 4.58. The van der Waals surface area contributed by atoms with Gasteiger partial charge in [0.15, 0.2) is 0 Å². The van der Waals surface area contributed by atoms with E-state index in [0.717, 1.165) is 26.2 Å². The number of nitrogens with zero attached hydrogens (tertiary/aromatic N) is 2. The van der Waals surface area contributed by atoms with E-state index in [1.54, 1.807) is 0 Å². The fourth-order valence-electron chi connectivity index (χ4n) is 1.04. The highest BCUT2D eigenvalue weighted by molar-refractivity contribution is 8.93. The monoisotopic (exact) mass is 328 g/mol. The number of carbonyl (C=O) groups excluding carboxylic acids is 2. The highest BCUT2D eigenvalue weighted by atomic mass is 79.9. The molecule has 2 aliphatic rings. The van der Waals surface area contributed by atoms with Crippen molar-refractivity contribution >= 4 is 45.5 Å². The Labute approximate surface area is 104 Å². The standard InChI is InChI=1S/C8H12N2O2.2BrH/c11-7(5-9-1-2-9)8(12)6-10-3-4-10;;/h1-6H2;2*1H.